The molecule has 0 saturated carbocycles. The second-order valence-corrected chi connectivity index (χ2v) is 4.25. The van der Waals surface area contributed by atoms with Crippen molar-refractivity contribution in [2.24, 2.45) is 0 Å². The zero-order valence-corrected chi connectivity index (χ0v) is 10.00. The van der Waals surface area contributed by atoms with E-state index in [-0.39, 0.29) is 13.2 Å². The summed E-state index contributed by atoms with van der Waals surface area (Å²) >= 11 is 1.55. The maximum absolute atomic E-state index is 8.81. The molecule has 7 heteroatoms. The zero-order valence-electron chi connectivity index (χ0n) is 9.18. The highest BCUT2D eigenvalue weighted by Gasteiger charge is 2.08. The molecule has 0 aliphatic rings. The third-order valence-corrected chi connectivity index (χ3v) is 3.01. The minimum absolute atomic E-state index is 0.0322. The molecule has 0 aromatic carbocycles. The Kier molecular flexibility index (Phi) is 4.08. The van der Waals surface area contributed by atoms with Crippen LogP contribution in [-0.2, 0) is 0 Å². The van der Waals surface area contributed by atoms with Crippen molar-refractivity contribution in [1.29, 1.82) is 0 Å². The van der Waals surface area contributed by atoms with Gasteiger partial charge in [0.05, 0.1) is 23.4 Å². The van der Waals surface area contributed by atoms with Crippen LogP contribution < -0.4 is 10.6 Å². The van der Waals surface area contributed by atoms with Crippen molar-refractivity contribution in [3.05, 3.63) is 11.4 Å². The van der Waals surface area contributed by atoms with Gasteiger partial charge in [0.2, 0.25) is 5.95 Å². The third-order valence-electron chi connectivity index (χ3n) is 2.10. The maximum Gasteiger partial charge on any atom is 0.225 e. The van der Waals surface area contributed by atoms with Crippen molar-refractivity contribution in [3.8, 4) is 0 Å². The standard InChI is InChI=1S/C10H14N4O2S/c15-4-2-11-9-8-7(1-6-17-8)13-10(14-9)12-3-5-16/h1,6,15-16H,2-5H2,(H2,11,12,13,14). The van der Waals surface area contributed by atoms with Crippen molar-refractivity contribution in [1.82, 2.24) is 9.97 Å². The lowest BCUT2D eigenvalue weighted by Crippen LogP contribution is -2.12. The quantitative estimate of drug-likeness (QED) is 0.600. The highest BCUT2D eigenvalue weighted by molar-refractivity contribution is 7.17. The van der Waals surface area contributed by atoms with Crippen molar-refractivity contribution >= 4 is 33.3 Å². The predicted octanol–water partition coefficient (Wildman–Crippen LogP) is 0.500. The summed E-state index contributed by atoms with van der Waals surface area (Å²) in [4.78, 5) is 8.62. The number of fused-ring (bicyclic) bond motifs is 1. The van der Waals surface area contributed by atoms with E-state index in [2.05, 4.69) is 20.6 Å². The number of nitrogens with one attached hydrogen (secondary N) is 2. The molecular formula is C10H14N4O2S. The van der Waals surface area contributed by atoms with Gasteiger partial charge in [-0.3, -0.25) is 0 Å². The summed E-state index contributed by atoms with van der Waals surface area (Å²) in [5, 5.41) is 25.5. The topological polar surface area (TPSA) is 90.3 Å². The SMILES string of the molecule is OCCNc1nc(NCCO)c2sccc2n1. The van der Waals surface area contributed by atoms with Crippen LogP contribution in [0.25, 0.3) is 10.2 Å². The number of aliphatic hydroxyl groups is 2. The summed E-state index contributed by atoms with van der Waals surface area (Å²) in [6.07, 6.45) is 0. The Hall–Kier alpha value is -1.44. The number of hydrogen-bond donors (Lipinski definition) is 4. The van der Waals surface area contributed by atoms with Gasteiger partial charge in [0, 0.05) is 13.1 Å². The summed E-state index contributed by atoms with van der Waals surface area (Å²) < 4.78 is 0.966. The molecule has 0 atom stereocenters. The van der Waals surface area contributed by atoms with Gasteiger partial charge < -0.3 is 20.8 Å². The average Bonchev–Trinajstić information content (AvgIpc) is 2.81. The largest absolute Gasteiger partial charge is 0.395 e. The van der Waals surface area contributed by atoms with E-state index >= 15 is 0 Å². The van der Waals surface area contributed by atoms with E-state index in [1.165, 1.54) is 0 Å². The van der Waals surface area contributed by atoms with E-state index in [0.29, 0.717) is 24.9 Å². The highest BCUT2D eigenvalue weighted by Crippen LogP contribution is 2.26. The Morgan fingerprint density at radius 2 is 1.88 bits per heavy atom. The van der Waals surface area contributed by atoms with E-state index in [1.54, 1.807) is 11.3 Å². The van der Waals surface area contributed by atoms with Gasteiger partial charge in [-0.1, -0.05) is 0 Å². The summed E-state index contributed by atoms with van der Waals surface area (Å²) in [6, 6.07) is 1.91. The van der Waals surface area contributed by atoms with Crippen LogP contribution in [0.15, 0.2) is 11.4 Å². The molecule has 2 aromatic heterocycles. The number of thiophene rings is 1. The molecule has 0 unspecified atom stereocenters. The van der Waals surface area contributed by atoms with Gasteiger partial charge in [-0.15, -0.1) is 11.3 Å². The molecule has 0 radical (unpaired) electrons. The summed E-state index contributed by atoms with van der Waals surface area (Å²) in [7, 11) is 0. The predicted molar refractivity (Wildman–Crippen MR) is 68.6 cm³/mol. The van der Waals surface area contributed by atoms with Crippen molar-refractivity contribution in [3.63, 3.8) is 0 Å². The van der Waals surface area contributed by atoms with Gasteiger partial charge in [0.25, 0.3) is 0 Å². The van der Waals surface area contributed by atoms with E-state index in [0.717, 1.165) is 10.2 Å². The normalized spacial score (nSPS) is 10.7. The molecule has 17 heavy (non-hydrogen) atoms. The van der Waals surface area contributed by atoms with Crippen LogP contribution in [0.4, 0.5) is 11.8 Å². The molecule has 0 saturated heterocycles. The van der Waals surface area contributed by atoms with Crippen LogP contribution in [0.1, 0.15) is 0 Å². The Morgan fingerprint density at radius 3 is 2.65 bits per heavy atom. The van der Waals surface area contributed by atoms with Crippen molar-refractivity contribution < 1.29 is 10.2 Å². The second kappa shape index (κ2) is 5.76. The van der Waals surface area contributed by atoms with Gasteiger partial charge in [-0.05, 0) is 11.4 Å². The van der Waals surface area contributed by atoms with E-state index < -0.39 is 0 Å². The van der Waals surface area contributed by atoms with Crippen LogP contribution in [0.5, 0.6) is 0 Å². The van der Waals surface area contributed by atoms with Crippen LogP contribution in [0.2, 0.25) is 0 Å². The minimum atomic E-state index is 0.0322. The first kappa shape index (κ1) is 12.0. The first-order valence-corrected chi connectivity index (χ1v) is 6.18. The molecule has 0 amide bonds. The Morgan fingerprint density at radius 1 is 1.12 bits per heavy atom. The molecule has 2 heterocycles. The lowest BCUT2D eigenvalue weighted by molar-refractivity contribution is 0.311. The number of aliphatic hydroxyl groups excluding tert-OH is 2. The zero-order chi connectivity index (χ0) is 12.1. The molecule has 92 valence electrons. The summed E-state index contributed by atoms with van der Waals surface area (Å²) in [5.74, 6) is 1.19. The van der Waals surface area contributed by atoms with Gasteiger partial charge in [-0.25, -0.2) is 4.98 Å². The van der Waals surface area contributed by atoms with E-state index in [9.17, 15) is 0 Å². The van der Waals surface area contributed by atoms with E-state index in [4.69, 9.17) is 10.2 Å². The number of hydrogen-bond acceptors (Lipinski definition) is 7. The number of anilines is 2. The molecular weight excluding hydrogens is 240 g/mol. The molecule has 0 aliphatic heterocycles. The average molecular weight is 254 g/mol. The second-order valence-electron chi connectivity index (χ2n) is 3.33. The number of aromatic nitrogens is 2. The molecule has 0 spiro atoms. The molecule has 4 N–H and O–H groups in total. The summed E-state index contributed by atoms with van der Waals surface area (Å²) in [5.41, 5.74) is 0.853. The number of nitrogens with zero attached hydrogens (tertiary/aromatic N) is 2. The Balaban J connectivity index is 2.29. The fourth-order valence-corrected chi connectivity index (χ4v) is 2.20. The van der Waals surface area contributed by atoms with Crippen molar-refractivity contribution in [2.75, 3.05) is 36.9 Å². The molecule has 0 fully saturated rings. The van der Waals surface area contributed by atoms with E-state index in [1.807, 2.05) is 11.4 Å². The lowest BCUT2D eigenvalue weighted by Gasteiger charge is -2.08. The van der Waals surface area contributed by atoms with Gasteiger partial charge in [-0.2, -0.15) is 4.98 Å². The van der Waals surface area contributed by atoms with Gasteiger partial charge >= 0.3 is 0 Å². The molecule has 0 aliphatic carbocycles. The van der Waals surface area contributed by atoms with Gasteiger partial charge in [0.1, 0.15) is 5.82 Å². The minimum Gasteiger partial charge on any atom is -0.395 e. The molecule has 2 rings (SSSR count). The highest BCUT2D eigenvalue weighted by atomic mass is 32.1. The smallest absolute Gasteiger partial charge is 0.225 e. The molecule has 6 nitrogen and oxygen atoms in total. The monoisotopic (exact) mass is 254 g/mol. The van der Waals surface area contributed by atoms with Crippen LogP contribution in [0, 0.1) is 0 Å². The van der Waals surface area contributed by atoms with Crippen molar-refractivity contribution in [2.45, 2.75) is 0 Å². The first-order chi connectivity index (χ1) is 8.35. The Bertz CT molecular complexity index is 488. The number of rotatable bonds is 6. The van der Waals surface area contributed by atoms with Crippen LogP contribution in [-0.4, -0.2) is 46.5 Å². The fourth-order valence-electron chi connectivity index (χ4n) is 1.40. The fraction of sp³-hybridized carbons (Fsp3) is 0.400. The summed E-state index contributed by atoms with van der Waals surface area (Å²) in [6.45, 7) is 0.944. The third kappa shape index (κ3) is 2.82. The first-order valence-electron chi connectivity index (χ1n) is 5.30. The van der Waals surface area contributed by atoms with Gasteiger partial charge in [0.15, 0.2) is 0 Å². The maximum atomic E-state index is 8.81. The molecule has 0 bridgehead atoms. The van der Waals surface area contributed by atoms with Crippen LogP contribution in [0.3, 0.4) is 0 Å². The van der Waals surface area contributed by atoms with Crippen LogP contribution >= 0.6 is 11.3 Å². The Labute approximate surface area is 102 Å². The lowest BCUT2D eigenvalue weighted by atomic mass is 10.4. The molecule has 2 aromatic rings.